The van der Waals surface area contributed by atoms with Gasteiger partial charge in [0, 0.05) is 6.20 Å². The first kappa shape index (κ1) is 16.9. The molecule has 3 rings (SSSR count). The number of aromatic nitrogens is 3. The van der Waals surface area contributed by atoms with Crippen molar-refractivity contribution < 1.29 is 14.3 Å². The second kappa shape index (κ2) is 7.27. The van der Waals surface area contributed by atoms with Crippen molar-refractivity contribution in [1.29, 1.82) is 5.26 Å². The van der Waals surface area contributed by atoms with Crippen LogP contribution in [0, 0.1) is 11.3 Å². The predicted molar refractivity (Wildman–Crippen MR) is 91.8 cm³/mol. The highest BCUT2D eigenvalue weighted by atomic mass is 16.5. The molecule has 0 radical (unpaired) electrons. The predicted octanol–water partition coefficient (Wildman–Crippen LogP) is 2.18. The van der Waals surface area contributed by atoms with Crippen LogP contribution in [0.2, 0.25) is 0 Å². The van der Waals surface area contributed by atoms with Crippen LogP contribution in [-0.2, 0) is 4.74 Å². The third-order valence-electron chi connectivity index (χ3n) is 3.56. The van der Waals surface area contributed by atoms with Crippen LogP contribution in [0.4, 0.5) is 5.82 Å². The van der Waals surface area contributed by atoms with Gasteiger partial charge < -0.3 is 10.1 Å². The Kier molecular flexibility index (Phi) is 4.71. The number of rotatable bonds is 4. The molecule has 0 spiro atoms. The van der Waals surface area contributed by atoms with E-state index in [4.69, 9.17) is 4.74 Å². The Balaban J connectivity index is 2.00. The molecule has 8 nitrogen and oxygen atoms in total. The maximum absolute atomic E-state index is 12.7. The molecule has 1 N–H and O–H groups in total. The van der Waals surface area contributed by atoms with Gasteiger partial charge in [-0.05, 0) is 24.3 Å². The van der Waals surface area contributed by atoms with Gasteiger partial charge in [0.25, 0.3) is 5.91 Å². The van der Waals surface area contributed by atoms with Crippen molar-refractivity contribution in [3.05, 3.63) is 71.5 Å². The van der Waals surface area contributed by atoms with Gasteiger partial charge in [0.15, 0.2) is 11.6 Å². The van der Waals surface area contributed by atoms with Gasteiger partial charge >= 0.3 is 5.97 Å². The lowest BCUT2D eigenvalue weighted by molar-refractivity contribution is 0.0597. The topological polar surface area (TPSA) is 110 Å². The molecule has 3 aromatic rings. The minimum atomic E-state index is -0.630. The van der Waals surface area contributed by atoms with Gasteiger partial charge in [-0.1, -0.05) is 18.2 Å². The summed E-state index contributed by atoms with van der Waals surface area (Å²) in [6.07, 6.45) is 2.90. The molecule has 0 aliphatic carbocycles. The van der Waals surface area contributed by atoms with Crippen molar-refractivity contribution in [2.75, 3.05) is 12.4 Å². The fourth-order valence-corrected chi connectivity index (χ4v) is 2.35. The molecule has 8 heteroatoms. The molecule has 0 fully saturated rings. The number of carbonyl (C=O) groups excluding carboxylic acids is 2. The van der Waals surface area contributed by atoms with Crippen LogP contribution in [0.3, 0.4) is 0 Å². The normalized spacial score (nSPS) is 10.0. The first-order valence-electron chi connectivity index (χ1n) is 7.54. The quantitative estimate of drug-likeness (QED) is 0.724. The van der Waals surface area contributed by atoms with Gasteiger partial charge in [0.05, 0.1) is 24.4 Å². The standard InChI is InChI=1S/C18H13N5O3/c1-26-18(25)14-7-3-2-6-13(14)17(24)22-16-12(10-19)11-21-23(16)15-8-4-5-9-20-15/h2-9,11H,1H3,(H,22,24). The average molecular weight is 347 g/mol. The van der Waals surface area contributed by atoms with E-state index in [9.17, 15) is 14.9 Å². The number of hydrogen-bond acceptors (Lipinski definition) is 6. The van der Waals surface area contributed by atoms with Gasteiger partial charge in [-0.15, -0.1) is 0 Å². The molecule has 0 bridgehead atoms. The number of carbonyl (C=O) groups is 2. The number of ether oxygens (including phenoxy) is 1. The largest absolute Gasteiger partial charge is 0.465 e. The Labute approximate surface area is 148 Å². The third kappa shape index (κ3) is 3.14. The monoisotopic (exact) mass is 347 g/mol. The molecule has 0 saturated heterocycles. The summed E-state index contributed by atoms with van der Waals surface area (Å²) in [7, 11) is 1.24. The molecule has 2 aromatic heterocycles. The molecule has 0 aliphatic rings. The molecule has 128 valence electrons. The van der Waals surface area contributed by atoms with E-state index in [0.29, 0.717) is 5.82 Å². The second-order valence-electron chi connectivity index (χ2n) is 5.11. The average Bonchev–Trinajstić information content (AvgIpc) is 3.10. The zero-order chi connectivity index (χ0) is 18.5. The molecule has 26 heavy (non-hydrogen) atoms. The zero-order valence-corrected chi connectivity index (χ0v) is 13.7. The van der Waals surface area contributed by atoms with E-state index in [2.05, 4.69) is 15.4 Å². The highest BCUT2D eigenvalue weighted by Crippen LogP contribution is 2.20. The van der Waals surface area contributed by atoms with Crippen LogP contribution in [0.15, 0.2) is 54.9 Å². The Morgan fingerprint density at radius 3 is 2.54 bits per heavy atom. The van der Waals surface area contributed by atoms with Crippen LogP contribution in [0.1, 0.15) is 26.3 Å². The number of nitriles is 1. The lowest BCUT2D eigenvalue weighted by Gasteiger charge is -2.11. The highest BCUT2D eigenvalue weighted by molar-refractivity contribution is 6.11. The van der Waals surface area contributed by atoms with Crippen LogP contribution >= 0.6 is 0 Å². The number of pyridine rings is 1. The number of hydrogen-bond donors (Lipinski definition) is 1. The molecule has 2 heterocycles. The summed E-state index contributed by atoms with van der Waals surface area (Å²) in [4.78, 5) is 28.7. The van der Waals surface area contributed by atoms with Crippen LogP contribution in [-0.4, -0.2) is 33.8 Å². The van der Waals surface area contributed by atoms with Gasteiger partial charge in [0.2, 0.25) is 0 Å². The van der Waals surface area contributed by atoms with Crippen LogP contribution < -0.4 is 5.32 Å². The Hall–Kier alpha value is -3.99. The lowest BCUT2D eigenvalue weighted by Crippen LogP contribution is -2.19. The first-order chi connectivity index (χ1) is 12.7. The molecule has 1 aromatic carbocycles. The van der Waals surface area contributed by atoms with E-state index in [0.717, 1.165) is 0 Å². The minimum Gasteiger partial charge on any atom is -0.465 e. The Morgan fingerprint density at radius 1 is 1.15 bits per heavy atom. The van der Waals surface area contributed by atoms with E-state index in [1.165, 1.54) is 30.1 Å². The number of amides is 1. The van der Waals surface area contributed by atoms with E-state index in [1.54, 1.807) is 36.5 Å². The molecule has 1 amide bonds. The fourth-order valence-electron chi connectivity index (χ4n) is 2.35. The number of anilines is 1. The summed E-state index contributed by atoms with van der Waals surface area (Å²) >= 11 is 0. The number of nitrogens with zero attached hydrogens (tertiary/aromatic N) is 4. The van der Waals surface area contributed by atoms with Gasteiger partial charge in [0.1, 0.15) is 11.6 Å². The molecule has 0 unspecified atom stereocenters. The van der Waals surface area contributed by atoms with Crippen molar-refractivity contribution >= 4 is 17.7 Å². The zero-order valence-electron chi connectivity index (χ0n) is 13.7. The SMILES string of the molecule is COC(=O)c1ccccc1C(=O)Nc1c(C#N)cnn1-c1ccccn1. The van der Waals surface area contributed by atoms with Crippen molar-refractivity contribution in [2.45, 2.75) is 0 Å². The molecular formula is C18H13N5O3. The van der Waals surface area contributed by atoms with Gasteiger partial charge in [-0.2, -0.15) is 15.0 Å². The Morgan fingerprint density at radius 2 is 1.88 bits per heavy atom. The second-order valence-corrected chi connectivity index (χ2v) is 5.11. The number of esters is 1. The summed E-state index contributed by atoms with van der Waals surface area (Å²) in [6.45, 7) is 0. The molecule has 0 aliphatic heterocycles. The first-order valence-corrected chi connectivity index (χ1v) is 7.54. The highest BCUT2D eigenvalue weighted by Gasteiger charge is 2.21. The minimum absolute atomic E-state index is 0.120. The van der Waals surface area contributed by atoms with Crippen LogP contribution in [0.5, 0.6) is 0 Å². The van der Waals surface area contributed by atoms with E-state index >= 15 is 0 Å². The summed E-state index contributed by atoms with van der Waals surface area (Å²) in [5, 5.41) is 16.0. The van der Waals surface area contributed by atoms with Crippen molar-refractivity contribution in [3.63, 3.8) is 0 Å². The fraction of sp³-hybridized carbons (Fsp3) is 0.0556. The molecule has 0 atom stereocenters. The number of nitrogens with one attached hydrogen (secondary N) is 1. The smallest absolute Gasteiger partial charge is 0.338 e. The maximum atomic E-state index is 12.7. The summed E-state index contributed by atoms with van der Waals surface area (Å²) < 4.78 is 6.05. The molecule has 0 saturated carbocycles. The molecular weight excluding hydrogens is 334 g/mol. The van der Waals surface area contributed by atoms with Crippen molar-refractivity contribution in [1.82, 2.24) is 14.8 Å². The summed E-state index contributed by atoms with van der Waals surface area (Å²) in [5.74, 6) is -0.601. The summed E-state index contributed by atoms with van der Waals surface area (Å²) in [5.41, 5.74) is 0.409. The van der Waals surface area contributed by atoms with Gasteiger partial charge in [-0.25, -0.2) is 9.78 Å². The summed E-state index contributed by atoms with van der Waals surface area (Å²) in [6, 6.07) is 13.4. The Bertz CT molecular complexity index is 1010. The third-order valence-corrected chi connectivity index (χ3v) is 3.56. The van der Waals surface area contributed by atoms with E-state index < -0.39 is 11.9 Å². The lowest BCUT2D eigenvalue weighted by atomic mass is 10.1. The number of methoxy groups -OCH3 is 1. The van der Waals surface area contributed by atoms with E-state index in [1.807, 2.05) is 6.07 Å². The maximum Gasteiger partial charge on any atom is 0.338 e. The van der Waals surface area contributed by atoms with Crippen molar-refractivity contribution in [3.8, 4) is 11.9 Å². The van der Waals surface area contributed by atoms with Gasteiger partial charge in [-0.3, -0.25) is 4.79 Å². The number of benzene rings is 1. The van der Waals surface area contributed by atoms with Crippen LogP contribution in [0.25, 0.3) is 5.82 Å². The van der Waals surface area contributed by atoms with E-state index in [-0.39, 0.29) is 22.5 Å². The van der Waals surface area contributed by atoms with Crippen molar-refractivity contribution in [2.24, 2.45) is 0 Å².